The van der Waals surface area contributed by atoms with Crippen LogP contribution in [0.25, 0.3) is 0 Å². The first kappa shape index (κ1) is 28.7. The molecule has 1 heterocycles. The van der Waals surface area contributed by atoms with Crippen LogP contribution in [-0.4, -0.2) is 74.9 Å². The summed E-state index contributed by atoms with van der Waals surface area (Å²) >= 11 is 0. The molecule has 8 heteroatoms. The van der Waals surface area contributed by atoms with Crippen molar-refractivity contribution < 1.29 is 39.8 Å². The Bertz CT molecular complexity index is 850. The van der Waals surface area contributed by atoms with Crippen LogP contribution >= 0.6 is 0 Å². The van der Waals surface area contributed by atoms with Gasteiger partial charge in [-0.15, -0.1) is 0 Å². The third-order valence-electron chi connectivity index (χ3n) is 12.4. The van der Waals surface area contributed by atoms with E-state index in [1.165, 1.54) is 38.5 Å². The van der Waals surface area contributed by atoms with E-state index in [2.05, 4.69) is 20.8 Å². The van der Waals surface area contributed by atoms with Gasteiger partial charge < -0.3 is 35.0 Å². The third-order valence-corrected chi connectivity index (χ3v) is 12.4. The second-order valence-electron chi connectivity index (χ2n) is 14.0. The summed E-state index contributed by atoms with van der Waals surface area (Å²) in [6.07, 6.45) is 5.16. The monoisotopic (exact) mass is 538 g/mol. The Hall–Kier alpha value is -0.770. The van der Waals surface area contributed by atoms with Gasteiger partial charge in [0.05, 0.1) is 12.7 Å². The number of aliphatic hydroxyl groups excluding tert-OH is 4. The Kier molecular flexibility index (Phi) is 8.25. The number of carbonyl (C=O) groups is 1. The highest BCUT2D eigenvalue weighted by Gasteiger charge is 2.61. The van der Waals surface area contributed by atoms with Gasteiger partial charge in [0.2, 0.25) is 0 Å². The van der Waals surface area contributed by atoms with E-state index in [-0.39, 0.29) is 17.9 Å². The maximum atomic E-state index is 11.2. The quantitative estimate of drug-likeness (QED) is 0.311. The molecule has 0 spiro atoms. The summed E-state index contributed by atoms with van der Waals surface area (Å²) < 4.78 is 11.8. The number of rotatable bonds is 7. The average Bonchev–Trinajstić information content (AvgIpc) is 3.25. The van der Waals surface area contributed by atoms with Gasteiger partial charge in [-0.05, 0) is 111 Å². The molecule has 4 saturated carbocycles. The van der Waals surface area contributed by atoms with Crippen LogP contribution in [0.15, 0.2) is 0 Å². The molecule has 5 fully saturated rings. The molecular formula is C30H50O8. The van der Waals surface area contributed by atoms with Gasteiger partial charge in [0, 0.05) is 6.42 Å². The fourth-order valence-corrected chi connectivity index (χ4v) is 10.2. The maximum Gasteiger partial charge on any atom is 0.303 e. The minimum atomic E-state index is -1.41. The van der Waals surface area contributed by atoms with Crippen LogP contribution in [0.4, 0.5) is 0 Å². The second kappa shape index (κ2) is 10.9. The zero-order valence-corrected chi connectivity index (χ0v) is 23.4. The molecule has 4 aliphatic carbocycles. The number of aliphatic hydroxyl groups is 4. The molecule has 8 nitrogen and oxygen atoms in total. The predicted molar refractivity (Wildman–Crippen MR) is 140 cm³/mol. The van der Waals surface area contributed by atoms with Crippen molar-refractivity contribution in [2.45, 2.75) is 128 Å². The predicted octanol–water partition coefficient (Wildman–Crippen LogP) is 3.33. The zero-order valence-electron chi connectivity index (χ0n) is 23.4. The summed E-state index contributed by atoms with van der Waals surface area (Å²) in [5.41, 5.74) is 0.595. The molecule has 218 valence electrons. The molecule has 5 N–H and O–H groups in total. The Balaban J connectivity index is 1.23. The van der Waals surface area contributed by atoms with E-state index in [1.807, 2.05) is 0 Å². The van der Waals surface area contributed by atoms with E-state index in [4.69, 9.17) is 9.47 Å². The molecule has 0 aromatic carbocycles. The molecule has 14 atom stereocenters. The summed E-state index contributed by atoms with van der Waals surface area (Å²) in [4.78, 5) is 11.2. The van der Waals surface area contributed by atoms with Crippen molar-refractivity contribution >= 4 is 5.97 Å². The lowest BCUT2D eigenvalue weighted by atomic mass is 9.44. The normalized spacial score (nSPS) is 51.5. The molecular weight excluding hydrogens is 488 g/mol. The first-order valence-electron chi connectivity index (χ1n) is 15.2. The molecule has 0 aromatic rings. The Morgan fingerprint density at radius 3 is 2.37 bits per heavy atom. The van der Waals surface area contributed by atoms with E-state index in [0.29, 0.717) is 29.1 Å². The van der Waals surface area contributed by atoms with Crippen LogP contribution in [0.2, 0.25) is 0 Å². The fourth-order valence-electron chi connectivity index (χ4n) is 10.2. The maximum absolute atomic E-state index is 11.2. The van der Waals surface area contributed by atoms with E-state index >= 15 is 0 Å². The molecule has 0 unspecified atom stereocenters. The van der Waals surface area contributed by atoms with E-state index in [9.17, 15) is 30.3 Å². The van der Waals surface area contributed by atoms with Crippen LogP contribution in [-0.2, 0) is 14.3 Å². The van der Waals surface area contributed by atoms with Crippen LogP contribution in [0.3, 0.4) is 0 Å². The fraction of sp³-hybridized carbons (Fsp3) is 0.967. The molecule has 1 saturated heterocycles. The number of aliphatic carboxylic acids is 1. The lowest BCUT2D eigenvalue weighted by Gasteiger charge is -2.61. The largest absolute Gasteiger partial charge is 0.481 e. The minimum Gasteiger partial charge on any atom is -0.481 e. The summed E-state index contributed by atoms with van der Waals surface area (Å²) in [5, 5.41) is 49.4. The molecule has 5 aliphatic rings. The van der Waals surface area contributed by atoms with Gasteiger partial charge in [-0.3, -0.25) is 4.79 Å². The van der Waals surface area contributed by atoms with Crippen molar-refractivity contribution in [2.24, 2.45) is 46.3 Å². The summed E-state index contributed by atoms with van der Waals surface area (Å²) in [6, 6.07) is 0. The van der Waals surface area contributed by atoms with Crippen LogP contribution in [0.1, 0.15) is 91.4 Å². The topological polar surface area (TPSA) is 137 Å². The lowest BCUT2D eigenvalue weighted by molar-refractivity contribution is -0.316. The SMILES string of the molecule is C[C@H](CCC(=O)O)[C@H]1CC[C@H]2[C@@H]3CC[C@@H]4C[C@H](O[C@@H]5O[C@H](CO)[C@@H](O)[C@H](O)[C@H]5O)CC[C@]4(C)[C@H]3CC[C@]12C. The highest BCUT2D eigenvalue weighted by atomic mass is 16.7. The zero-order chi connectivity index (χ0) is 27.4. The van der Waals surface area contributed by atoms with Crippen LogP contribution in [0.5, 0.6) is 0 Å². The van der Waals surface area contributed by atoms with Crippen molar-refractivity contribution in [1.29, 1.82) is 0 Å². The molecule has 1 aliphatic heterocycles. The second-order valence-corrected chi connectivity index (χ2v) is 14.0. The number of fused-ring (bicyclic) bond motifs is 5. The molecule has 0 radical (unpaired) electrons. The van der Waals surface area contributed by atoms with Gasteiger partial charge in [-0.25, -0.2) is 0 Å². The van der Waals surface area contributed by atoms with Crippen LogP contribution < -0.4 is 0 Å². The number of carboxylic acids is 1. The number of hydrogen-bond acceptors (Lipinski definition) is 7. The summed E-state index contributed by atoms with van der Waals surface area (Å²) in [5.74, 6) is 3.14. The van der Waals surface area contributed by atoms with Crippen LogP contribution in [0, 0.1) is 46.3 Å². The Morgan fingerprint density at radius 2 is 1.66 bits per heavy atom. The van der Waals surface area contributed by atoms with Gasteiger partial charge in [0.25, 0.3) is 0 Å². The molecule has 0 bridgehead atoms. The van der Waals surface area contributed by atoms with Crippen molar-refractivity contribution in [2.75, 3.05) is 6.61 Å². The minimum absolute atomic E-state index is 0.0779. The van der Waals surface area contributed by atoms with Gasteiger partial charge in [-0.2, -0.15) is 0 Å². The molecule has 0 aromatic heterocycles. The molecule has 5 rings (SSSR count). The van der Waals surface area contributed by atoms with Crippen molar-refractivity contribution in [3.63, 3.8) is 0 Å². The number of hydrogen-bond donors (Lipinski definition) is 5. The summed E-state index contributed by atoms with van der Waals surface area (Å²) in [6.45, 7) is 6.85. The smallest absolute Gasteiger partial charge is 0.303 e. The standard InChI is InChI=1S/C30H50O8/c1-16(4-9-24(32)33)20-7-8-21-19-6-5-17-14-18(10-12-29(17,2)22(19)11-13-30(20,21)3)37-28-27(36)26(35)25(34)23(15-31)38-28/h16-23,25-28,31,34-36H,4-15H2,1-3H3,(H,32,33)/t16-,17-,18-,19+,20-,21+,22+,23-,25-,26+,27-,28-,29+,30-/m1/s1. The third kappa shape index (κ3) is 4.85. The van der Waals surface area contributed by atoms with Crippen molar-refractivity contribution in [3.8, 4) is 0 Å². The first-order valence-corrected chi connectivity index (χ1v) is 15.2. The number of ether oxygens (including phenoxy) is 2. The van der Waals surface area contributed by atoms with Crippen molar-refractivity contribution in [1.82, 2.24) is 0 Å². The van der Waals surface area contributed by atoms with E-state index < -0.39 is 43.3 Å². The van der Waals surface area contributed by atoms with E-state index in [1.54, 1.807) is 0 Å². The van der Waals surface area contributed by atoms with Gasteiger partial charge >= 0.3 is 5.97 Å². The van der Waals surface area contributed by atoms with E-state index in [0.717, 1.165) is 37.5 Å². The molecule has 0 amide bonds. The summed E-state index contributed by atoms with van der Waals surface area (Å²) in [7, 11) is 0. The van der Waals surface area contributed by atoms with Gasteiger partial charge in [0.1, 0.15) is 24.4 Å². The lowest BCUT2D eigenvalue weighted by Crippen LogP contribution is -2.60. The first-order chi connectivity index (χ1) is 18.0. The van der Waals surface area contributed by atoms with Crippen molar-refractivity contribution in [3.05, 3.63) is 0 Å². The van der Waals surface area contributed by atoms with Gasteiger partial charge in [0.15, 0.2) is 6.29 Å². The van der Waals surface area contributed by atoms with Gasteiger partial charge in [-0.1, -0.05) is 20.8 Å². The Morgan fingerprint density at radius 1 is 0.947 bits per heavy atom. The average molecular weight is 539 g/mol. The number of carboxylic acid groups (broad SMARTS) is 1. The molecule has 38 heavy (non-hydrogen) atoms. The Labute approximate surface area is 227 Å². The highest BCUT2D eigenvalue weighted by molar-refractivity contribution is 5.66. The highest BCUT2D eigenvalue weighted by Crippen LogP contribution is 2.68.